The lowest BCUT2D eigenvalue weighted by Gasteiger charge is -2.07. The molecule has 0 aliphatic carbocycles. The van der Waals surface area contributed by atoms with E-state index in [0.29, 0.717) is 11.4 Å². The number of rotatable bonds is 3. The number of hydrogen-bond donors (Lipinski definition) is 1. The molecular weight excluding hydrogens is 380 g/mol. The fourth-order valence-corrected chi connectivity index (χ4v) is 3.15. The molecule has 0 radical (unpaired) electrons. The Labute approximate surface area is 155 Å². The largest absolute Gasteiger partial charge is 0.320 e. The summed E-state index contributed by atoms with van der Waals surface area (Å²) < 4.78 is 0.972. The van der Waals surface area contributed by atoms with E-state index in [1.165, 1.54) is 10.4 Å². The van der Waals surface area contributed by atoms with Gasteiger partial charge < -0.3 is 5.32 Å². The quantitative estimate of drug-likeness (QED) is 0.705. The van der Waals surface area contributed by atoms with Gasteiger partial charge in [-0.3, -0.25) is 4.79 Å². The summed E-state index contributed by atoms with van der Waals surface area (Å²) in [6.07, 6.45) is 0. The highest BCUT2D eigenvalue weighted by Crippen LogP contribution is 2.21. The molecule has 3 rings (SSSR count). The summed E-state index contributed by atoms with van der Waals surface area (Å²) in [5, 5.41) is 11.7. The number of nitrogens with zero attached hydrogens (tertiary/aromatic N) is 3. The summed E-state index contributed by atoms with van der Waals surface area (Å²) in [6.45, 7) is 7.78. The first-order valence-electron chi connectivity index (χ1n) is 7.94. The molecule has 0 saturated heterocycles. The predicted octanol–water partition coefficient (Wildman–Crippen LogP) is 4.52. The molecule has 3 aromatic rings. The molecule has 0 spiro atoms. The lowest BCUT2D eigenvalue weighted by atomic mass is 10.1. The average molecular weight is 399 g/mol. The molecule has 0 saturated carbocycles. The van der Waals surface area contributed by atoms with Crippen LogP contribution >= 0.6 is 15.9 Å². The highest BCUT2D eigenvalue weighted by atomic mass is 79.9. The van der Waals surface area contributed by atoms with Gasteiger partial charge in [-0.05, 0) is 63.1 Å². The molecule has 25 heavy (non-hydrogen) atoms. The SMILES string of the molecule is Cc1ccc(-n2nc(C)c(C(=O)Nc3ccc(Br)cc3C)n2)c(C)c1. The van der Waals surface area contributed by atoms with Gasteiger partial charge in [-0.1, -0.05) is 33.6 Å². The van der Waals surface area contributed by atoms with Crippen molar-refractivity contribution in [3.63, 3.8) is 0 Å². The molecule has 1 N–H and O–H groups in total. The molecule has 1 aromatic heterocycles. The van der Waals surface area contributed by atoms with Crippen LogP contribution in [0.4, 0.5) is 5.69 Å². The number of hydrogen-bond acceptors (Lipinski definition) is 3. The fourth-order valence-electron chi connectivity index (χ4n) is 2.67. The number of aryl methyl sites for hydroxylation is 4. The summed E-state index contributed by atoms with van der Waals surface area (Å²) in [5.74, 6) is -0.265. The van der Waals surface area contributed by atoms with Gasteiger partial charge >= 0.3 is 0 Å². The van der Waals surface area contributed by atoms with Crippen LogP contribution in [0.2, 0.25) is 0 Å². The van der Waals surface area contributed by atoms with Gasteiger partial charge in [0.15, 0.2) is 5.69 Å². The van der Waals surface area contributed by atoms with E-state index in [-0.39, 0.29) is 5.91 Å². The summed E-state index contributed by atoms with van der Waals surface area (Å²) >= 11 is 3.42. The number of anilines is 1. The second-order valence-corrected chi connectivity index (χ2v) is 7.04. The molecule has 0 aliphatic heterocycles. The number of carbonyl (C=O) groups excluding carboxylic acids is 1. The summed E-state index contributed by atoms with van der Waals surface area (Å²) in [6, 6.07) is 11.7. The highest BCUT2D eigenvalue weighted by molar-refractivity contribution is 9.10. The van der Waals surface area contributed by atoms with Crippen molar-refractivity contribution in [1.29, 1.82) is 0 Å². The van der Waals surface area contributed by atoms with Gasteiger partial charge in [-0.25, -0.2) is 0 Å². The molecule has 0 aliphatic rings. The lowest BCUT2D eigenvalue weighted by molar-refractivity contribution is 0.102. The van der Waals surface area contributed by atoms with Gasteiger partial charge in [0.2, 0.25) is 0 Å². The maximum atomic E-state index is 12.6. The first-order valence-corrected chi connectivity index (χ1v) is 8.73. The third-order valence-corrected chi connectivity index (χ3v) is 4.49. The van der Waals surface area contributed by atoms with Crippen molar-refractivity contribution in [2.45, 2.75) is 27.7 Å². The summed E-state index contributed by atoms with van der Waals surface area (Å²) in [5.41, 5.74) is 5.75. The van der Waals surface area contributed by atoms with Crippen LogP contribution in [-0.4, -0.2) is 20.9 Å². The van der Waals surface area contributed by atoms with E-state index >= 15 is 0 Å². The zero-order valence-corrected chi connectivity index (χ0v) is 16.2. The van der Waals surface area contributed by atoms with Crippen LogP contribution in [-0.2, 0) is 0 Å². The van der Waals surface area contributed by atoms with Crippen LogP contribution in [0.5, 0.6) is 0 Å². The normalized spacial score (nSPS) is 10.8. The molecular formula is C19H19BrN4O. The minimum absolute atomic E-state index is 0.265. The molecule has 6 heteroatoms. The van der Waals surface area contributed by atoms with Crippen molar-refractivity contribution in [1.82, 2.24) is 15.0 Å². The Balaban J connectivity index is 1.90. The maximum absolute atomic E-state index is 12.6. The molecule has 5 nitrogen and oxygen atoms in total. The number of amides is 1. The van der Waals surface area contributed by atoms with Gasteiger partial charge in [0.1, 0.15) is 0 Å². The van der Waals surface area contributed by atoms with Crippen molar-refractivity contribution in [2.75, 3.05) is 5.32 Å². The summed E-state index contributed by atoms with van der Waals surface area (Å²) in [4.78, 5) is 14.1. The van der Waals surface area contributed by atoms with Gasteiger partial charge in [-0.15, -0.1) is 5.10 Å². The zero-order valence-electron chi connectivity index (χ0n) is 14.6. The Morgan fingerprint density at radius 2 is 1.76 bits per heavy atom. The first kappa shape index (κ1) is 17.4. The van der Waals surface area contributed by atoms with Crippen LogP contribution in [0, 0.1) is 27.7 Å². The van der Waals surface area contributed by atoms with Crippen molar-refractivity contribution < 1.29 is 4.79 Å². The predicted molar refractivity (Wildman–Crippen MR) is 102 cm³/mol. The first-order chi connectivity index (χ1) is 11.8. The van der Waals surface area contributed by atoms with E-state index in [0.717, 1.165) is 27.0 Å². The Morgan fingerprint density at radius 3 is 2.44 bits per heavy atom. The maximum Gasteiger partial charge on any atom is 0.278 e. The van der Waals surface area contributed by atoms with Gasteiger partial charge in [0.05, 0.1) is 11.4 Å². The third-order valence-electron chi connectivity index (χ3n) is 4.00. The molecule has 1 heterocycles. The molecule has 2 aromatic carbocycles. The van der Waals surface area contributed by atoms with Crippen LogP contribution < -0.4 is 5.32 Å². The topological polar surface area (TPSA) is 59.8 Å². The monoisotopic (exact) mass is 398 g/mol. The highest BCUT2D eigenvalue weighted by Gasteiger charge is 2.18. The third kappa shape index (κ3) is 3.64. The van der Waals surface area contributed by atoms with Crippen LogP contribution in [0.25, 0.3) is 5.69 Å². The van der Waals surface area contributed by atoms with Crippen molar-refractivity contribution in [3.05, 3.63) is 68.9 Å². The Hall–Kier alpha value is -2.47. The van der Waals surface area contributed by atoms with E-state index in [2.05, 4.69) is 37.5 Å². The van der Waals surface area contributed by atoms with Crippen molar-refractivity contribution in [2.24, 2.45) is 0 Å². The van der Waals surface area contributed by atoms with E-state index in [1.807, 2.05) is 51.1 Å². The smallest absolute Gasteiger partial charge is 0.278 e. The summed E-state index contributed by atoms with van der Waals surface area (Å²) in [7, 11) is 0. The van der Waals surface area contributed by atoms with Gasteiger partial charge in [0.25, 0.3) is 5.91 Å². The van der Waals surface area contributed by atoms with Gasteiger partial charge in [-0.2, -0.15) is 9.90 Å². The number of nitrogens with one attached hydrogen (secondary N) is 1. The second-order valence-electron chi connectivity index (χ2n) is 6.13. The molecule has 0 fully saturated rings. The molecule has 0 unspecified atom stereocenters. The van der Waals surface area contributed by atoms with Crippen LogP contribution in [0.15, 0.2) is 40.9 Å². The Morgan fingerprint density at radius 1 is 1.00 bits per heavy atom. The van der Waals surface area contributed by atoms with E-state index in [9.17, 15) is 4.79 Å². The van der Waals surface area contributed by atoms with Crippen LogP contribution in [0.1, 0.15) is 32.9 Å². The standard InChI is InChI=1S/C19H19BrN4O/c1-11-5-8-17(13(3)9-11)24-22-14(4)18(23-24)19(25)21-16-7-6-15(20)10-12(16)2/h5-10H,1-4H3,(H,21,25). The van der Waals surface area contributed by atoms with E-state index in [4.69, 9.17) is 0 Å². The van der Waals surface area contributed by atoms with E-state index < -0.39 is 0 Å². The number of aromatic nitrogens is 3. The molecule has 128 valence electrons. The fraction of sp³-hybridized carbons (Fsp3) is 0.211. The second kappa shape index (κ2) is 6.80. The molecule has 1 amide bonds. The van der Waals surface area contributed by atoms with E-state index in [1.54, 1.807) is 6.92 Å². The Bertz CT molecular complexity index is 962. The Kier molecular flexibility index (Phi) is 4.72. The minimum atomic E-state index is -0.265. The zero-order chi connectivity index (χ0) is 18.1. The van der Waals surface area contributed by atoms with Crippen molar-refractivity contribution >= 4 is 27.5 Å². The van der Waals surface area contributed by atoms with Gasteiger partial charge in [0, 0.05) is 10.2 Å². The number of carbonyl (C=O) groups is 1. The number of benzene rings is 2. The average Bonchev–Trinajstić information content (AvgIpc) is 2.91. The minimum Gasteiger partial charge on any atom is -0.320 e. The van der Waals surface area contributed by atoms with Crippen molar-refractivity contribution in [3.8, 4) is 5.69 Å². The molecule has 0 bridgehead atoms. The number of halogens is 1. The van der Waals surface area contributed by atoms with Crippen LogP contribution in [0.3, 0.4) is 0 Å². The lowest BCUT2D eigenvalue weighted by Crippen LogP contribution is -2.15. The molecule has 0 atom stereocenters.